The van der Waals surface area contributed by atoms with E-state index in [0.29, 0.717) is 0 Å². The fourth-order valence-electron chi connectivity index (χ4n) is 1.20. The second kappa shape index (κ2) is 5.32. The van der Waals surface area contributed by atoms with Crippen LogP contribution in [0.25, 0.3) is 0 Å². The molecule has 0 bridgehead atoms. The van der Waals surface area contributed by atoms with Crippen LogP contribution in [0.2, 0.25) is 0 Å². The summed E-state index contributed by atoms with van der Waals surface area (Å²) in [6, 6.07) is 12.5. The molecule has 4 heteroatoms. The van der Waals surface area contributed by atoms with Crippen LogP contribution in [0.1, 0.15) is 0 Å². The monoisotopic (exact) mass is 396 g/mol. The van der Waals surface area contributed by atoms with Crippen LogP contribution in [0, 0.1) is 6.45 Å². The second-order valence-corrected chi connectivity index (χ2v) is 12.2. The zero-order valence-electron chi connectivity index (χ0n) is 8.11. The van der Waals surface area contributed by atoms with Crippen LogP contribution in [-0.2, 0) is 0 Å². The molecule has 2 aromatic rings. The molecule has 1 aromatic heterocycles. The third-order valence-corrected chi connectivity index (χ3v) is 13.2. The van der Waals surface area contributed by atoms with E-state index >= 15 is 0 Å². The van der Waals surface area contributed by atoms with Crippen molar-refractivity contribution in [3.63, 3.8) is 0 Å². The average Bonchev–Trinajstić information content (AvgIpc) is 2.81. The summed E-state index contributed by atoms with van der Waals surface area (Å²) in [6.45, 7) is 0. The fourth-order valence-corrected chi connectivity index (χ4v) is 9.63. The fraction of sp³-hybridized carbons (Fsp3) is 0.0909. The predicted octanol–water partition coefficient (Wildman–Crippen LogP) is 4.61. The third kappa shape index (κ3) is 2.54. The summed E-state index contributed by atoms with van der Waals surface area (Å²) in [7, 11) is 1.73. The van der Waals surface area contributed by atoms with Gasteiger partial charge in [-0.05, 0) is 0 Å². The standard InChI is InChI=1S/C11H10BrIOS/c1-14-10-6-3-2-5-9(10)13(12)11-7-4-8-15-11/h2-8H,1H3. The molecule has 0 unspecified atom stereocenters. The molecule has 1 heterocycles. The summed E-state index contributed by atoms with van der Waals surface area (Å²) in [5.41, 5.74) is 0. The molecule has 0 spiro atoms. The van der Waals surface area contributed by atoms with Gasteiger partial charge in [-0.25, -0.2) is 0 Å². The number of hydrogen-bond acceptors (Lipinski definition) is 2. The Morgan fingerprint density at radius 1 is 1.20 bits per heavy atom. The summed E-state index contributed by atoms with van der Waals surface area (Å²) in [5.74, 6) is 0.993. The molecule has 0 radical (unpaired) electrons. The van der Waals surface area contributed by atoms with Gasteiger partial charge in [0, 0.05) is 0 Å². The summed E-state index contributed by atoms with van der Waals surface area (Å²) >= 11 is 4.26. The van der Waals surface area contributed by atoms with Crippen molar-refractivity contribution in [2.75, 3.05) is 7.11 Å². The molecular weight excluding hydrogens is 387 g/mol. The quantitative estimate of drug-likeness (QED) is 0.688. The van der Waals surface area contributed by atoms with Crippen molar-refractivity contribution in [3.05, 3.63) is 48.2 Å². The van der Waals surface area contributed by atoms with Crippen molar-refractivity contribution in [1.29, 1.82) is 0 Å². The molecular formula is C11H10BrIOS. The molecule has 0 N–H and O–H groups in total. The Hall–Kier alpha value is -0.0700. The van der Waals surface area contributed by atoms with Gasteiger partial charge in [0.2, 0.25) is 0 Å². The Kier molecular flexibility index (Phi) is 4.05. The van der Waals surface area contributed by atoms with Gasteiger partial charge < -0.3 is 0 Å². The number of halogens is 2. The van der Waals surface area contributed by atoms with Gasteiger partial charge in [-0.2, -0.15) is 0 Å². The van der Waals surface area contributed by atoms with E-state index in [4.69, 9.17) is 4.74 Å². The molecule has 1 aromatic carbocycles. The normalized spacial score (nSPS) is 11.2. The van der Waals surface area contributed by atoms with Crippen molar-refractivity contribution >= 4 is 41.6 Å². The van der Waals surface area contributed by atoms with Crippen molar-refractivity contribution < 1.29 is 4.74 Å². The van der Waals surface area contributed by atoms with Gasteiger partial charge in [0.15, 0.2) is 0 Å². The van der Waals surface area contributed by atoms with E-state index in [1.54, 1.807) is 7.11 Å². The van der Waals surface area contributed by atoms with Gasteiger partial charge in [-0.15, -0.1) is 0 Å². The van der Waals surface area contributed by atoms with Crippen molar-refractivity contribution in [2.24, 2.45) is 0 Å². The van der Waals surface area contributed by atoms with E-state index in [2.05, 4.69) is 42.3 Å². The Bertz CT molecular complexity index is 430. The number of methoxy groups -OCH3 is 1. The van der Waals surface area contributed by atoms with Gasteiger partial charge >= 0.3 is 107 Å². The molecule has 2 rings (SSSR count). The van der Waals surface area contributed by atoms with Gasteiger partial charge in [-0.3, -0.25) is 0 Å². The third-order valence-electron chi connectivity index (χ3n) is 1.89. The van der Waals surface area contributed by atoms with Crippen LogP contribution in [0.4, 0.5) is 0 Å². The molecule has 0 saturated carbocycles. The first-order valence-electron chi connectivity index (χ1n) is 4.36. The van der Waals surface area contributed by atoms with Crippen LogP contribution in [0.3, 0.4) is 0 Å². The molecule has 1 nitrogen and oxygen atoms in total. The zero-order valence-corrected chi connectivity index (χ0v) is 12.7. The first-order valence-corrected chi connectivity index (χ1v) is 12.2. The van der Waals surface area contributed by atoms with E-state index in [1.807, 2.05) is 23.5 Å². The van der Waals surface area contributed by atoms with Crippen LogP contribution >= 0.6 is 41.6 Å². The number of rotatable bonds is 3. The minimum atomic E-state index is -1.40. The van der Waals surface area contributed by atoms with Crippen LogP contribution in [-0.4, -0.2) is 7.11 Å². The number of thiophene rings is 1. The number of benzene rings is 1. The summed E-state index contributed by atoms with van der Waals surface area (Å²) in [6.07, 6.45) is 0. The molecule has 80 valence electrons. The molecule has 15 heavy (non-hydrogen) atoms. The Labute approximate surface area is 107 Å². The van der Waals surface area contributed by atoms with E-state index < -0.39 is 17.6 Å². The number of ether oxygens (including phenoxy) is 1. The van der Waals surface area contributed by atoms with Crippen LogP contribution in [0.5, 0.6) is 5.75 Å². The van der Waals surface area contributed by atoms with Crippen molar-refractivity contribution in [2.45, 2.75) is 0 Å². The van der Waals surface area contributed by atoms with Gasteiger partial charge in [0.1, 0.15) is 0 Å². The Balaban J connectivity index is 2.37. The molecule has 0 amide bonds. The Morgan fingerprint density at radius 3 is 2.67 bits per heavy atom. The summed E-state index contributed by atoms with van der Waals surface area (Å²) in [4.78, 5) is 0. The molecule has 0 atom stereocenters. The van der Waals surface area contributed by atoms with Gasteiger partial charge in [0.05, 0.1) is 0 Å². The first-order chi connectivity index (χ1) is 7.33. The second-order valence-electron chi connectivity index (χ2n) is 2.79. The maximum absolute atomic E-state index is 5.38. The number of hydrogen-bond donors (Lipinski definition) is 0. The van der Waals surface area contributed by atoms with Gasteiger partial charge in [0.25, 0.3) is 0 Å². The molecule has 0 saturated heterocycles. The predicted molar refractivity (Wildman–Crippen MR) is 77.7 cm³/mol. The molecule has 0 aliphatic rings. The van der Waals surface area contributed by atoms with Gasteiger partial charge in [-0.1, -0.05) is 0 Å². The molecule has 0 fully saturated rings. The number of para-hydroxylation sites is 1. The van der Waals surface area contributed by atoms with Crippen LogP contribution < -0.4 is 4.74 Å². The van der Waals surface area contributed by atoms with E-state index in [-0.39, 0.29) is 0 Å². The topological polar surface area (TPSA) is 9.23 Å². The van der Waals surface area contributed by atoms with E-state index in [9.17, 15) is 0 Å². The molecule has 0 aliphatic carbocycles. The zero-order chi connectivity index (χ0) is 10.7. The Morgan fingerprint density at radius 2 is 2.00 bits per heavy atom. The van der Waals surface area contributed by atoms with Crippen molar-refractivity contribution in [1.82, 2.24) is 0 Å². The minimum absolute atomic E-state index is 0.993. The maximum atomic E-state index is 5.38. The average molecular weight is 397 g/mol. The van der Waals surface area contributed by atoms with Crippen LogP contribution in [0.15, 0.2) is 41.8 Å². The summed E-state index contributed by atoms with van der Waals surface area (Å²) < 4.78 is 8.15. The molecule has 0 aliphatic heterocycles. The first kappa shape index (κ1) is 11.4. The SMILES string of the molecule is COc1ccccc1I(Br)c1cccs1. The van der Waals surface area contributed by atoms with E-state index in [0.717, 1.165) is 5.75 Å². The van der Waals surface area contributed by atoms with Crippen molar-refractivity contribution in [3.8, 4) is 5.75 Å². The summed E-state index contributed by atoms with van der Waals surface area (Å²) in [5, 5.41) is 2.12. The van der Waals surface area contributed by atoms with E-state index in [1.165, 1.54) is 6.45 Å².